The van der Waals surface area contributed by atoms with Crippen molar-refractivity contribution < 1.29 is 0 Å². The Balaban J connectivity index is 2.15. The van der Waals surface area contributed by atoms with Crippen molar-refractivity contribution in [3.63, 3.8) is 0 Å². The van der Waals surface area contributed by atoms with Gasteiger partial charge in [0.1, 0.15) is 0 Å². The predicted octanol–water partition coefficient (Wildman–Crippen LogP) is 4.56. The van der Waals surface area contributed by atoms with E-state index in [1.165, 1.54) is 11.1 Å². The van der Waals surface area contributed by atoms with Crippen LogP contribution in [0.15, 0.2) is 34.7 Å². The van der Waals surface area contributed by atoms with Crippen molar-refractivity contribution in [1.82, 2.24) is 9.88 Å². The number of aromatic nitrogens is 1. The van der Waals surface area contributed by atoms with E-state index >= 15 is 0 Å². The molecular formula is C21H29N5S. The van der Waals surface area contributed by atoms with Gasteiger partial charge < -0.3 is 16.0 Å². The molecule has 0 saturated heterocycles. The highest BCUT2D eigenvalue weighted by atomic mass is 32.1. The zero-order valence-corrected chi connectivity index (χ0v) is 17.6. The van der Waals surface area contributed by atoms with Gasteiger partial charge in [0.05, 0.1) is 28.8 Å². The van der Waals surface area contributed by atoms with E-state index in [0.29, 0.717) is 5.71 Å². The maximum absolute atomic E-state index is 7.46. The second-order valence-electron chi connectivity index (χ2n) is 6.79. The molecule has 1 heterocycles. The molecule has 5 nitrogen and oxygen atoms in total. The Kier molecular flexibility index (Phi) is 7.45. The lowest BCUT2D eigenvalue weighted by Gasteiger charge is -2.11. The molecule has 27 heavy (non-hydrogen) atoms. The highest BCUT2D eigenvalue weighted by molar-refractivity contribution is 7.09. The van der Waals surface area contributed by atoms with E-state index in [0.717, 1.165) is 34.9 Å². The van der Waals surface area contributed by atoms with Crippen LogP contribution in [-0.2, 0) is 6.42 Å². The first-order valence-corrected chi connectivity index (χ1v) is 9.96. The number of rotatable bonds is 8. The first-order valence-electron chi connectivity index (χ1n) is 9.08. The SMILES string of the molecule is CCN(C)C=Nc1cc(C)c(Cc2nc(C(N)/C=C\C(C)=N)cs2)cc1C. The van der Waals surface area contributed by atoms with Crippen molar-refractivity contribution in [1.29, 1.82) is 5.41 Å². The molecule has 6 heteroatoms. The molecule has 3 N–H and O–H groups in total. The van der Waals surface area contributed by atoms with Gasteiger partial charge >= 0.3 is 0 Å². The molecule has 1 unspecified atom stereocenters. The van der Waals surface area contributed by atoms with Gasteiger partial charge in [-0.25, -0.2) is 9.98 Å². The fraction of sp³-hybridized carbons (Fsp3) is 0.381. The quantitative estimate of drug-likeness (QED) is 0.518. The largest absolute Gasteiger partial charge is 0.366 e. The molecule has 0 fully saturated rings. The minimum Gasteiger partial charge on any atom is -0.366 e. The first kappa shape index (κ1) is 21.0. The molecule has 1 aromatic heterocycles. The van der Waals surface area contributed by atoms with Crippen LogP contribution in [-0.4, -0.2) is 35.5 Å². The summed E-state index contributed by atoms with van der Waals surface area (Å²) >= 11 is 1.63. The third kappa shape index (κ3) is 6.12. The van der Waals surface area contributed by atoms with Gasteiger partial charge in [-0.1, -0.05) is 12.1 Å². The van der Waals surface area contributed by atoms with Crippen molar-refractivity contribution >= 4 is 29.1 Å². The minimum atomic E-state index is -0.273. The molecule has 0 bridgehead atoms. The summed E-state index contributed by atoms with van der Waals surface area (Å²) < 4.78 is 0. The Morgan fingerprint density at radius 1 is 1.37 bits per heavy atom. The highest BCUT2D eigenvalue weighted by Gasteiger charge is 2.11. The summed E-state index contributed by atoms with van der Waals surface area (Å²) in [5, 5.41) is 10.5. The molecule has 2 aromatic rings. The summed E-state index contributed by atoms with van der Waals surface area (Å²) in [7, 11) is 2.02. The molecule has 2 rings (SSSR count). The van der Waals surface area contributed by atoms with E-state index in [1.807, 2.05) is 24.8 Å². The molecule has 0 saturated carbocycles. The zero-order chi connectivity index (χ0) is 20.0. The summed E-state index contributed by atoms with van der Waals surface area (Å²) in [4.78, 5) is 11.3. The number of nitrogens with zero attached hydrogens (tertiary/aromatic N) is 3. The molecule has 1 atom stereocenters. The average molecular weight is 384 g/mol. The maximum Gasteiger partial charge on any atom is 0.0973 e. The second kappa shape index (κ2) is 9.58. The topological polar surface area (TPSA) is 78.4 Å². The number of hydrogen-bond donors (Lipinski definition) is 2. The lowest BCUT2D eigenvalue weighted by atomic mass is 10.0. The maximum atomic E-state index is 7.46. The molecular weight excluding hydrogens is 354 g/mol. The summed E-state index contributed by atoms with van der Waals surface area (Å²) in [6.45, 7) is 8.98. The van der Waals surface area contributed by atoms with Crippen LogP contribution in [0.2, 0.25) is 0 Å². The number of allylic oxidation sites excluding steroid dienone is 1. The summed E-state index contributed by atoms with van der Waals surface area (Å²) in [5.41, 5.74) is 12.1. The summed E-state index contributed by atoms with van der Waals surface area (Å²) in [5.74, 6) is 0. The monoisotopic (exact) mass is 383 g/mol. The number of hydrogen-bond acceptors (Lipinski definition) is 5. The van der Waals surface area contributed by atoms with Gasteiger partial charge in [0.2, 0.25) is 0 Å². The number of thiazole rings is 1. The number of aryl methyl sites for hydroxylation is 2. The van der Waals surface area contributed by atoms with Gasteiger partial charge in [0.15, 0.2) is 0 Å². The van der Waals surface area contributed by atoms with Crippen molar-refractivity contribution in [3.05, 3.63) is 57.1 Å². The van der Waals surface area contributed by atoms with Crippen LogP contribution in [0.1, 0.15) is 47.3 Å². The van der Waals surface area contributed by atoms with Crippen LogP contribution in [0.4, 0.5) is 5.69 Å². The lowest BCUT2D eigenvalue weighted by molar-refractivity contribution is 0.552. The van der Waals surface area contributed by atoms with Gasteiger partial charge in [-0.2, -0.15) is 0 Å². The van der Waals surface area contributed by atoms with Gasteiger partial charge in [0, 0.05) is 31.1 Å². The molecule has 0 radical (unpaired) electrons. The number of benzene rings is 1. The molecule has 0 aliphatic heterocycles. The fourth-order valence-corrected chi connectivity index (χ4v) is 3.37. The summed E-state index contributed by atoms with van der Waals surface area (Å²) in [6, 6.07) is 4.07. The van der Waals surface area contributed by atoms with E-state index in [9.17, 15) is 0 Å². The minimum absolute atomic E-state index is 0.273. The van der Waals surface area contributed by atoms with E-state index in [2.05, 4.69) is 47.8 Å². The normalized spacial score (nSPS) is 12.8. The van der Waals surface area contributed by atoms with Crippen molar-refractivity contribution in [3.8, 4) is 0 Å². The van der Waals surface area contributed by atoms with Crippen LogP contribution < -0.4 is 5.73 Å². The Morgan fingerprint density at radius 3 is 2.78 bits per heavy atom. The van der Waals surface area contributed by atoms with E-state index in [1.54, 1.807) is 24.3 Å². The van der Waals surface area contributed by atoms with Crippen LogP contribution in [0.3, 0.4) is 0 Å². The third-order valence-electron chi connectivity index (χ3n) is 4.35. The second-order valence-corrected chi connectivity index (χ2v) is 7.74. The van der Waals surface area contributed by atoms with Crippen molar-refractivity contribution in [2.45, 2.75) is 40.2 Å². The van der Waals surface area contributed by atoms with Gasteiger partial charge in [0.25, 0.3) is 0 Å². The summed E-state index contributed by atoms with van der Waals surface area (Å²) in [6.07, 6.45) is 6.19. The molecule has 144 valence electrons. The van der Waals surface area contributed by atoms with Gasteiger partial charge in [-0.05, 0) is 56.5 Å². The van der Waals surface area contributed by atoms with E-state index in [4.69, 9.17) is 11.1 Å². The average Bonchev–Trinajstić information content (AvgIpc) is 3.09. The highest BCUT2D eigenvalue weighted by Crippen LogP contribution is 2.26. The first-order chi connectivity index (χ1) is 12.8. The van der Waals surface area contributed by atoms with Crippen molar-refractivity contribution in [2.24, 2.45) is 10.7 Å². The predicted molar refractivity (Wildman–Crippen MR) is 117 cm³/mol. The van der Waals surface area contributed by atoms with Crippen LogP contribution in [0.5, 0.6) is 0 Å². The molecule has 0 spiro atoms. The number of aliphatic imine (C=N–C) groups is 1. The Hall–Kier alpha value is -2.31. The third-order valence-corrected chi connectivity index (χ3v) is 5.22. The zero-order valence-electron chi connectivity index (χ0n) is 16.8. The van der Waals surface area contributed by atoms with Crippen LogP contribution >= 0.6 is 11.3 Å². The van der Waals surface area contributed by atoms with Crippen LogP contribution in [0, 0.1) is 19.3 Å². The smallest absolute Gasteiger partial charge is 0.0973 e. The Labute approximate surface area is 166 Å². The lowest BCUT2D eigenvalue weighted by Crippen LogP contribution is -2.14. The van der Waals surface area contributed by atoms with Crippen LogP contribution in [0.25, 0.3) is 0 Å². The van der Waals surface area contributed by atoms with Crippen molar-refractivity contribution in [2.75, 3.05) is 13.6 Å². The van der Waals surface area contributed by atoms with Gasteiger partial charge in [-0.15, -0.1) is 11.3 Å². The fourth-order valence-electron chi connectivity index (χ4n) is 2.50. The number of nitrogens with one attached hydrogen (secondary N) is 1. The standard InChI is InChI=1S/C21H29N5S/c1-6-26(5)13-24-19-10-14(2)17(9-15(19)3)11-21-25-20(12-27-21)18(23)8-7-16(4)22/h7-10,12-13,18,22H,6,11,23H2,1-5H3/b8-7-,22-16?,24-13?. The molecule has 0 aliphatic carbocycles. The Morgan fingerprint density at radius 2 is 2.11 bits per heavy atom. The number of nitrogens with two attached hydrogens (primary N) is 1. The van der Waals surface area contributed by atoms with Gasteiger partial charge in [-0.3, -0.25) is 0 Å². The Bertz CT molecular complexity index is 850. The molecule has 1 aromatic carbocycles. The van der Waals surface area contributed by atoms with E-state index < -0.39 is 0 Å². The molecule has 0 aliphatic rings. The molecule has 0 amide bonds. The van der Waals surface area contributed by atoms with E-state index in [-0.39, 0.29) is 6.04 Å².